The van der Waals surface area contributed by atoms with Crippen molar-refractivity contribution < 1.29 is 13.2 Å². The number of benzene rings is 2. The number of carbonyl (C=O) groups excluding carboxylic acids is 1. The van der Waals surface area contributed by atoms with E-state index >= 15 is 0 Å². The summed E-state index contributed by atoms with van der Waals surface area (Å²) in [5.74, 6) is -0.183. The topological polar surface area (TPSA) is 83.7 Å². The highest BCUT2D eigenvalue weighted by Gasteiger charge is 2.27. The third-order valence-corrected chi connectivity index (χ3v) is 6.41. The third-order valence-electron chi connectivity index (χ3n) is 4.51. The average Bonchev–Trinajstić information content (AvgIpc) is 3.09. The Bertz CT molecular complexity index is 884. The molecule has 1 atom stereocenters. The number of anilines is 1. The molecule has 2 N–H and O–H groups in total. The van der Waals surface area contributed by atoms with Gasteiger partial charge in [0.15, 0.2) is 0 Å². The van der Waals surface area contributed by atoms with Crippen LogP contribution in [0.2, 0.25) is 0 Å². The van der Waals surface area contributed by atoms with Crippen LogP contribution in [0.1, 0.15) is 23.7 Å². The molecule has 0 aliphatic carbocycles. The van der Waals surface area contributed by atoms with Crippen LogP contribution >= 0.6 is 0 Å². The standard InChI is InChI=1S/C19H23N3O3S/c1-2-22(17-8-4-3-5-9-17)26(24,25)18-10-6-7-15(13-18)19(23)21-12-11-16(20)14-21/h3-10,13,16H,2,11-12,14,20H2,1H3/t16-/m1/s1. The van der Waals surface area contributed by atoms with Crippen molar-refractivity contribution >= 4 is 21.6 Å². The zero-order valence-corrected chi connectivity index (χ0v) is 15.5. The van der Waals surface area contributed by atoms with E-state index in [1.807, 2.05) is 6.07 Å². The van der Waals surface area contributed by atoms with Crippen LogP contribution in [0.15, 0.2) is 59.5 Å². The molecule has 0 saturated carbocycles. The highest BCUT2D eigenvalue weighted by molar-refractivity contribution is 7.92. The fraction of sp³-hybridized carbons (Fsp3) is 0.316. The molecule has 0 radical (unpaired) electrons. The summed E-state index contributed by atoms with van der Waals surface area (Å²) < 4.78 is 27.5. The van der Waals surface area contributed by atoms with Crippen molar-refractivity contribution in [3.63, 3.8) is 0 Å². The van der Waals surface area contributed by atoms with Gasteiger partial charge in [0.1, 0.15) is 0 Å². The predicted molar refractivity (Wildman–Crippen MR) is 102 cm³/mol. The molecule has 1 amide bonds. The lowest BCUT2D eigenvalue weighted by molar-refractivity contribution is 0.0790. The number of sulfonamides is 1. The molecule has 1 aliphatic heterocycles. The van der Waals surface area contributed by atoms with Gasteiger partial charge in [0.2, 0.25) is 0 Å². The van der Waals surface area contributed by atoms with Crippen LogP contribution in [0.5, 0.6) is 0 Å². The van der Waals surface area contributed by atoms with E-state index in [4.69, 9.17) is 5.73 Å². The van der Waals surface area contributed by atoms with Crippen LogP contribution in [0.25, 0.3) is 0 Å². The largest absolute Gasteiger partial charge is 0.337 e. The molecular weight excluding hydrogens is 350 g/mol. The minimum absolute atomic E-state index is 0.0143. The molecule has 0 aromatic heterocycles. The second-order valence-electron chi connectivity index (χ2n) is 6.33. The summed E-state index contributed by atoms with van der Waals surface area (Å²) >= 11 is 0. The Hall–Kier alpha value is -2.38. The van der Waals surface area contributed by atoms with Gasteiger partial charge in [-0.25, -0.2) is 8.42 Å². The van der Waals surface area contributed by atoms with E-state index < -0.39 is 10.0 Å². The van der Waals surface area contributed by atoms with Crippen LogP contribution in [0.4, 0.5) is 5.69 Å². The monoisotopic (exact) mass is 373 g/mol. The van der Waals surface area contributed by atoms with Crippen LogP contribution in [0.3, 0.4) is 0 Å². The molecule has 7 heteroatoms. The van der Waals surface area contributed by atoms with E-state index in [0.29, 0.717) is 30.9 Å². The SMILES string of the molecule is CCN(c1ccccc1)S(=O)(=O)c1cccc(C(=O)N2CC[C@@H](N)C2)c1. The minimum atomic E-state index is -3.76. The number of para-hydroxylation sites is 1. The van der Waals surface area contributed by atoms with Gasteiger partial charge in [0, 0.05) is 31.2 Å². The average molecular weight is 373 g/mol. The lowest BCUT2D eigenvalue weighted by atomic mass is 10.2. The highest BCUT2D eigenvalue weighted by atomic mass is 32.2. The summed E-state index contributed by atoms with van der Waals surface area (Å²) in [4.78, 5) is 14.4. The van der Waals surface area contributed by atoms with Crippen LogP contribution in [0, 0.1) is 0 Å². The smallest absolute Gasteiger partial charge is 0.264 e. The molecule has 6 nitrogen and oxygen atoms in total. The molecule has 3 rings (SSSR count). The lowest BCUT2D eigenvalue weighted by Crippen LogP contribution is -2.33. The maximum atomic E-state index is 13.1. The molecule has 2 aromatic rings. The zero-order valence-electron chi connectivity index (χ0n) is 14.7. The van der Waals surface area contributed by atoms with Crippen molar-refractivity contribution in [2.24, 2.45) is 5.73 Å². The van der Waals surface area contributed by atoms with Gasteiger partial charge in [0.05, 0.1) is 10.6 Å². The van der Waals surface area contributed by atoms with Gasteiger partial charge in [-0.2, -0.15) is 0 Å². The Morgan fingerprint density at radius 1 is 1.19 bits per heavy atom. The number of amides is 1. The van der Waals surface area contributed by atoms with Crippen LogP contribution < -0.4 is 10.0 Å². The van der Waals surface area contributed by atoms with Gasteiger partial charge in [-0.15, -0.1) is 0 Å². The van der Waals surface area contributed by atoms with Crippen molar-refractivity contribution in [3.8, 4) is 0 Å². The molecule has 0 unspecified atom stereocenters. The van der Waals surface area contributed by atoms with E-state index in [1.165, 1.54) is 16.4 Å². The first-order valence-corrected chi connectivity index (χ1v) is 10.1. The van der Waals surface area contributed by atoms with Gasteiger partial charge < -0.3 is 10.6 Å². The molecular formula is C19H23N3O3S. The van der Waals surface area contributed by atoms with Gasteiger partial charge in [-0.3, -0.25) is 9.10 Å². The summed E-state index contributed by atoms with van der Waals surface area (Å²) in [5.41, 5.74) is 6.83. The van der Waals surface area contributed by atoms with E-state index in [0.717, 1.165) is 6.42 Å². The Labute approximate surface area is 154 Å². The molecule has 1 heterocycles. The van der Waals surface area contributed by atoms with E-state index in [-0.39, 0.29) is 16.8 Å². The third kappa shape index (κ3) is 3.59. The second-order valence-corrected chi connectivity index (χ2v) is 8.20. The molecule has 1 aliphatic rings. The highest BCUT2D eigenvalue weighted by Crippen LogP contribution is 2.24. The molecule has 1 saturated heterocycles. The molecule has 0 bridgehead atoms. The van der Waals surface area contributed by atoms with Crippen molar-refractivity contribution in [3.05, 3.63) is 60.2 Å². The number of nitrogens with two attached hydrogens (primary N) is 1. The fourth-order valence-corrected chi connectivity index (χ4v) is 4.68. The Morgan fingerprint density at radius 2 is 1.92 bits per heavy atom. The first kappa shape index (κ1) is 18.4. The van der Waals surface area contributed by atoms with Crippen molar-refractivity contribution in [1.29, 1.82) is 0 Å². The van der Waals surface area contributed by atoms with Gasteiger partial charge in [-0.1, -0.05) is 24.3 Å². The summed E-state index contributed by atoms with van der Waals surface area (Å²) in [6.45, 7) is 3.18. The van der Waals surface area contributed by atoms with Crippen molar-refractivity contribution in [2.45, 2.75) is 24.3 Å². The molecule has 138 valence electrons. The lowest BCUT2D eigenvalue weighted by Gasteiger charge is -2.23. The van der Waals surface area contributed by atoms with E-state index in [2.05, 4.69) is 0 Å². The maximum Gasteiger partial charge on any atom is 0.264 e. The summed E-state index contributed by atoms with van der Waals surface area (Å²) in [5, 5.41) is 0. The van der Waals surface area contributed by atoms with Crippen molar-refractivity contribution in [2.75, 3.05) is 23.9 Å². The number of hydrogen-bond acceptors (Lipinski definition) is 4. The fourth-order valence-electron chi connectivity index (χ4n) is 3.16. The van der Waals surface area contributed by atoms with Gasteiger partial charge in [-0.05, 0) is 43.7 Å². The minimum Gasteiger partial charge on any atom is -0.337 e. The number of likely N-dealkylation sites (tertiary alicyclic amines) is 1. The maximum absolute atomic E-state index is 13.1. The molecule has 2 aromatic carbocycles. The molecule has 1 fully saturated rings. The first-order chi connectivity index (χ1) is 12.4. The van der Waals surface area contributed by atoms with Crippen LogP contribution in [-0.4, -0.2) is 44.9 Å². The first-order valence-electron chi connectivity index (χ1n) is 8.66. The number of carbonyl (C=O) groups is 1. The van der Waals surface area contributed by atoms with Crippen molar-refractivity contribution in [1.82, 2.24) is 4.90 Å². The second kappa shape index (κ2) is 7.47. The zero-order chi connectivity index (χ0) is 18.7. The predicted octanol–water partition coefficient (Wildman–Crippen LogP) is 2.08. The van der Waals surface area contributed by atoms with E-state index in [9.17, 15) is 13.2 Å². The normalized spacial score (nSPS) is 17.3. The summed E-state index contributed by atoms with van der Waals surface area (Å²) in [6.07, 6.45) is 0.765. The Morgan fingerprint density at radius 3 is 2.54 bits per heavy atom. The number of hydrogen-bond donors (Lipinski definition) is 1. The number of nitrogens with zero attached hydrogens (tertiary/aromatic N) is 2. The van der Waals surface area contributed by atoms with Crippen LogP contribution in [-0.2, 0) is 10.0 Å². The Kier molecular flexibility index (Phi) is 5.29. The Balaban J connectivity index is 1.92. The van der Waals surface area contributed by atoms with Gasteiger partial charge >= 0.3 is 0 Å². The quantitative estimate of drug-likeness (QED) is 0.870. The number of rotatable bonds is 5. The van der Waals surface area contributed by atoms with E-state index in [1.54, 1.807) is 48.2 Å². The molecule has 26 heavy (non-hydrogen) atoms. The summed E-state index contributed by atoms with van der Waals surface area (Å²) in [7, 11) is -3.76. The summed E-state index contributed by atoms with van der Waals surface area (Å²) in [6, 6.07) is 15.1. The van der Waals surface area contributed by atoms with Gasteiger partial charge in [0.25, 0.3) is 15.9 Å². The molecule has 0 spiro atoms.